The van der Waals surface area contributed by atoms with Crippen LogP contribution in [0.4, 0.5) is 0 Å². The Kier molecular flexibility index (Phi) is 3.28. The van der Waals surface area contributed by atoms with E-state index in [1.807, 2.05) is 12.1 Å². The number of benzene rings is 1. The first-order valence-electron chi connectivity index (χ1n) is 4.45. The van der Waals surface area contributed by atoms with Gasteiger partial charge in [-0.15, -0.1) is 0 Å². The molecule has 0 N–H and O–H groups in total. The molecule has 0 amide bonds. The minimum Gasteiger partial charge on any atom is -0.502 e. The van der Waals surface area contributed by atoms with Gasteiger partial charge in [0.25, 0.3) is 0 Å². The van der Waals surface area contributed by atoms with Gasteiger partial charge in [-0.2, -0.15) is 5.26 Å². The van der Waals surface area contributed by atoms with Gasteiger partial charge in [0.2, 0.25) is 0 Å². The lowest BCUT2D eigenvalue weighted by atomic mass is 10.2. The fourth-order valence-electron chi connectivity index (χ4n) is 0.894. The van der Waals surface area contributed by atoms with Gasteiger partial charge in [0.15, 0.2) is 0 Å². The van der Waals surface area contributed by atoms with Crippen molar-refractivity contribution in [1.82, 2.24) is 0 Å². The molecule has 1 rings (SSSR count). The maximum Gasteiger partial charge on any atom is 0.465 e. The summed E-state index contributed by atoms with van der Waals surface area (Å²) in [5.74, 6) is 0.865. The molecule has 4 heteroatoms. The summed E-state index contributed by atoms with van der Waals surface area (Å²) < 4.78 is 6.56. The van der Waals surface area contributed by atoms with Crippen LogP contribution in [0.1, 0.15) is 5.56 Å². The predicted molar refractivity (Wildman–Crippen MR) is 58.4 cm³/mol. The van der Waals surface area contributed by atoms with E-state index in [4.69, 9.17) is 9.69 Å². The molecule has 0 aliphatic carbocycles. The van der Waals surface area contributed by atoms with Crippen LogP contribution >= 0.6 is 0 Å². The molecule has 0 saturated heterocycles. The van der Waals surface area contributed by atoms with Crippen LogP contribution in [0.5, 0.6) is 5.75 Å². The van der Waals surface area contributed by atoms with Crippen molar-refractivity contribution in [3.63, 3.8) is 0 Å². The SMILES string of the molecule is C[N+](C)(C)[SiH2]Oc1ccc(C#N)cc1. The largest absolute Gasteiger partial charge is 0.502 e. The summed E-state index contributed by atoms with van der Waals surface area (Å²) in [5.41, 5.74) is 0.671. The van der Waals surface area contributed by atoms with Crippen LogP contribution in [-0.2, 0) is 0 Å². The van der Waals surface area contributed by atoms with Crippen LogP contribution < -0.4 is 4.43 Å². The first-order valence-corrected chi connectivity index (χ1v) is 5.66. The van der Waals surface area contributed by atoms with Crippen molar-refractivity contribution in [2.45, 2.75) is 0 Å². The van der Waals surface area contributed by atoms with Crippen molar-refractivity contribution in [1.29, 1.82) is 5.26 Å². The third kappa shape index (κ3) is 3.60. The van der Waals surface area contributed by atoms with Gasteiger partial charge < -0.3 is 8.57 Å². The first kappa shape index (κ1) is 10.8. The highest BCUT2D eigenvalue weighted by Crippen LogP contribution is 2.11. The molecular weight excluding hydrogens is 192 g/mol. The minimum atomic E-state index is -0.613. The van der Waals surface area contributed by atoms with Crippen molar-refractivity contribution >= 4 is 9.92 Å². The van der Waals surface area contributed by atoms with E-state index in [0.717, 1.165) is 9.90 Å². The van der Waals surface area contributed by atoms with E-state index in [-0.39, 0.29) is 0 Å². The van der Waals surface area contributed by atoms with Gasteiger partial charge in [-0.05, 0) is 24.3 Å². The Morgan fingerprint density at radius 3 is 2.21 bits per heavy atom. The number of nitriles is 1. The molecule has 0 saturated carbocycles. The second kappa shape index (κ2) is 4.27. The Morgan fingerprint density at radius 2 is 1.79 bits per heavy atom. The first-order chi connectivity index (χ1) is 6.51. The van der Waals surface area contributed by atoms with Crippen LogP contribution in [0.2, 0.25) is 0 Å². The molecule has 74 valence electrons. The highest BCUT2D eigenvalue weighted by atomic mass is 28.2. The number of nitrogens with zero attached hydrogens (tertiary/aromatic N) is 2. The zero-order valence-corrected chi connectivity index (χ0v) is 10.2. The van der Waals surface area contributed by atoms with Crippen molar-refractivity contribution < 1.29 is 8.57 Å². The zero-order chi connectivity index (χ0) is 10.6. The van der Waals surface area contributed by atoms with Crippen molar-refractivity contribution in [3.05, 3.63) is 29.8 Å². The van der Waals surface area contributed by atoms with Gasteiger partial charge in [0.05, 0.1) is 32.8 Å². The lowest BCUT2D eigenvalue weighted by molar-refractivity contribution is -0.761. The van der Waals surface area contributed by atoms with E-state index >= 15 is 0 Å². The summed E-state index contributed by atoms with van der Waals surface area (Å²) in [6.07, 6.45) is 0. The van der Waals surface area contributed by atoms with E-state index in [2.05, 4.69) is 27.2 Å². The van der Waals surface area contributed by atoms with E-state index in [9.17, 15) is 0 Å². The van der Waals surface area contributed by atoms with Crippen LogP contribution in [0.3, 0.4) is 0 Å². The number of rotatable bonds is 3. The van der Waals surface area contributed by atoms with E-state index in [1.54, 1.807) is 12.1 Å². The predicted octanol–water partition coefficient (Wildman–Crippen LogP) is 0.642. The smallest absolute Gasteiger partial charge is 0.465 e. The van der Waals surface area contributed by atoms with Gasteiger partial charge in [-0.1, -0.05) is 0 Å². The molecule has 0 unspecified atom stereocenters. The number of hydrogen-bond acceptors (Lipinski definition) is 2. The molecule has 1 aromatic rings. The Bertz CT molecular complexity index is 335. The molecule has 0 spiro atoms. The second-order valence-electron chi connectivity index (χ2n) is 4.20. The Morgan fingerprint density at radius 1 is 1.21 bits per heavy atom. The van der Waals surface area contributed by atoms with Crippen molar-refractivity contribution in [2.75, 3.05) is 21.1 Å². The van der Waals surface area contributed by atoms with Gasteiger partial charge in [0.1, 0.15) is 5.75 Å². The lowest BCUT2D eigenvalue weighted by Gasteiger charge is -2.23. The van der Waals surface area contributed by atoms with E-state index in [0.29, 0.717) is 5.56 Å². The van der Waals surface area contributed by atoms with Crippen LogP contribution in [-0.4, -0.2) is 35.2 Å². The summed E-state index contributed by atoms with van der Waals surface area (Å²) in [4.78, 5) is 0. The molecular formula is C10H15N2OSi+. The fourth-order valence-corrected chi connectivity index (χ4v) is 1.62. The molecule has 0 aliphatic heterocycles. The van der Waals surface area contributed by atoms with Crippen molar-refractivity contribution in [2.24, 2.45) is 0 Å². The minimum absolute atomic E-state index is 0.613. The third-order valence-electron chi connectivity index (χ3n) is 1.60. The average Bonchev–Trinajstić information content (AvgIpc) is 2.14. The van der Waals surface area contributed by atoms with E-state index < -0.39 is 9.92 Å². The molecule has 0 aliphatic rings. The normalized spacial score (nSPS) is 11.6. The molecule has 14 heavy (non-hydrogen) atoms. The second-order valence-corrected chi connectivity index (χ2v) is 6.64. The fraction of sp³-hybridized carbons (Fsp3) is 0.300. The molecule has 0 heterocycles. The third-order valence-corrected chi connectivity index (χ3v) is 2.84. The maximum atomic E-state index is 8.60. The number of quaternary nitrogens is 1. The zero-order valence-electron chi connectivity index (χ0n) is 8.82. The molecule has 0 atom stereocenters. The Labute approximate surface area is 87.1 Å². The van der Waals surface area contributed by atoms with Crippen molar-refractivity contribution in [3.8, 4) is 11.8 Å². The van der Waals surface area contributed by atoms with Crippen LogP contribution in [0.25, 0.3) is 0 Å². The van der Waals surface area contributed by atoms with Crippen LogP contribution in [0, 0.1) is 11.3 Å². The summed E-state index contributed by atoms with van der Waals surface area (Å²) in [6, 6.07) is 9.33. The average molecular weight is 207 g/mol. The topological polar surface area (TPSA) is 33.0 Å². The van der Waals surface area contributed by atoms with E-state index in [1.165, 1.54) is 0 Å². The summed E-state index contributed by atoms with van der Waals surface area (Å²) in [5, 5.41) is 8.60. The molecule has 0 aromatic heterocycles. The Balaban J connectivity index is 2.58. The lowest BCUT2D eigenvalue weighted by Crippen LogP contribution is -2.41. The summed E-state index contributed by atoms with van der Waals surface area (Å²) in [7, 11) is 5.75. The molecule has 0 bridgehead atoms. The highest BCUT2D eigenvalue weighted by Gasteiger charge is 2.09. The molecule has 3 nitrogen and oxygen atoms in total. The molecule has 0 fully saturated rings. The van der Waals surface area contributed by atoms with Gasteiger partial charge >= 0.3 is 9.92 Å². The molecule has 0 radical (unpaired) electrons. The summed E-state index contributed by atoms with van der Waals surface area (Å²) >= 11 is 0. The van der Waals surface area contributed by atoms with Gasteiger partial charge in [-0.3, -0.25) is 0 Å². The Hall–Kier alpha value is -1.31. The standard InChI is InChI=1S/C10H15N2OSi/c1-12(2,3)14-13-10-6-4-9(8-11)5-7-10/h4-7H,14H2,1-3H3/q+1. The highest BCUT2D eigenvalue weighted by molar-refractivity contribution is 6.18. The quantitative estimate of drug-likeness (QED) is 0.682. The summed E-state index contributed by atoms with van der Waals surface area (Å²) in [6.45, 7) is 0. The monoisotopic (exact) mass is 207 g/mol. The van der Waals surface area contributed by atoms with Gasteiger partial charge in [0, 0.05) is 0 Å². The maximum absolute atomic E-state index is 8.60. The number of hydrogen-bond donors (Lipinski definition) is 0. The van der Waals surface area contributed by atoms with Gasteiger partial charge in [-0.25, -0.2) is 0 Å². The molecule has 1 aromatic carbocycles. The van der Waals surface area contributed by atoms with Crippen LogP contribution in [0.15, 0.2) is 24.3 Å².